The van der Waals surface area contributed by atoms with Gasteiger partial charge in [-0.15, -0.1) is 0 Å². The van der Waals surface area contributed by atoms with Crippen LogP contribution >= 0.6 is 0 Å². The van der Waals surface area contributed by atoms with Gasteiger partial charge in [-0.05, 0) is 42.5 Å². The van der Waals surface area contributed by atoms with E-state index >= 15 is 0 Å². The molecule has 0 spiro atoms. The van der Waals surface area contributed by atoms with Crippen LogP contribution in [0.25, 0.3) is 0 Å². The zero-order valence-electron chi connectivity index (χ0n) is 17.5. The molecule has 156 valence electrons. The van der Waals surface area contributed by atoms with Gasteiger partial charge in [0.15, 0.2) is 19.9 Å². The summed E-state index contributed by atoms with van der Waals surface area (Å²) in [6.45, 7) is 0.388. The van der Waals surface area contributed by atoms with Crippen molar-refractivity contribution in [2.75, 3.05) is 49.2 Å². The van der Waals surface area contributed by atoms with Crippen LogP contribution in [0.15, 0.2) is 42.5 Å². The van der Waals surface area contributed by atoms with E-state index in [1.165, 1.54) is 7.11 Å². The van der Waals surface area contributed by atoms with Crippen molar-refractivity contribution >= 4 is 6.29 Å². The van der Waals surface area contributed by atoms with Crippen LogP contribution in [0.2, 0.25) is 0 Å². The summed E-state index contributed by atoms with van der Waals surface area (Å²) in [6, 6.07) is 12.3. The Labute approximate surface area is 166 Å². The molecule has 0 saturated heterocycles. The summed E-state index contributed by atoms with van der Waals surface area (Å²) in [5.41, 5.74) is 0.446. The molecule has 2 aromatic carbocycles. The topological polar surface area (TPSA) is 72.5 Å². The molecule has 0 atom stereocenters. The molecule has 0 aromatic heterocycles. The minimum Gasteiger partial charge on any atom is -0.497 e. The lowest BCUT2D eigenvalue weighted by atomic mass is 10.2. The Kier molecular flexibility index (Phi) is 13.5. The number of aldehydes is 1. The van der Waals surface area contributed by atoms with Gasteiger partial charge in [-0.1, -0.05) is 0 Å². The Balaban J connectivity index is 0.000000481. The van der Waals surface area contributed by atoms with Crippen molar-refractivity contribution < 1.29 is 39.0 Å². The van der Waals surface area contributed by atoms with Gasteiger partial charge >= 0.3 is 0 Å². The number of rotatable bonds is 9. The predicted octanol–water partition coefficient (Wildman–Crippen LogP) is 3.75. The van der Waals surface area contributed by atoms with Crippen molar-refractivity contribution in [2.45, 2.75) is 0 Å². The Morgan fingerprint density at radius 1 is 0.857 bits per heavy atom. The third-order valence-electron chi connectivity index (χ3n) is 3.08. The van der Waals surface area contributed by atoms with Crippen molar-refractivity contribution in [3.05, 3.63) is 48.0 Å². The zero-order chi connectivity index (χ0) is 21.9. The molecule has 0 radical (unpaired) electrons. The second kappa shape index (κ2) is 16.3. The smallest absolute Gasteiger partial charge is 0.188 e. The molecule has 0 N–H and O–H groups in total. The van der Waals surface area contributed by atoms with Crippen molar-refractivity contribution in [1.29, 1.82) is 0 Å². The number of methoxy groups -OCH3 is 4. The van der Waals surface area contributed by atoms with Crippen LogP contribution in [-0.4, -0.2) is 55.5 Å². The quantitative estimate of drug-likeness (QED) is 0.470. The first kappa shape index (κ1) is 23.2. The summed E-state index contributed by atoms with van der Waals surface area (Å²) in [5, 5.41) is 0. The van der Waals surface area contributed by atoms with Crippen LogP contribution in [0, 0.1) is 0 Å². The first-order chi connectivity index (χ1) is 14.1. The third kappa shape index (κ3) is 9.75. The molecule has 0 amide bonds. The van der Waals surface area contributed by atoms with Crippen LogP contribution in [-0.2, 0) is 9.47 Å². The SMILES string of the molecule is COCOc1ccc(OC)cc1.COCOc1ccc(OC)cc1C=O.[2H]CF. The predicted molar refractivity (Wildman–Crippen MR) is 103 cm³/mol. The van der Waals surface area contributed by atoms with E-state index in [0.29, 0.717) is 23.3 Å². The lowest BCUT2D eigenvalue weighted by molar-refractivity contribution is 0.0504. The highest BCUT2D eigenvalue weighted by molar-refractivity contribution is 5.80. The number of hydrogen-bond donors (Lipinski definition) is 0. The van der Waals surface area contributed by atoms with Gasteiger partial charge in [0.05, 0.1) is 28.3 Å². The molecule has 0 aliphatic carbocycles. The van der Waals surface area contributed by atoms with Gasteiger partial charge in [0.2, 0.25) is 0 Å². The fourth-order valence-corrected chi connectivity index (χ4v) is 1.80. The van der Waals surface area contributed by atoms with Gasteiger partial charge in [0, 0.05) is 14.2 Å². The molecular weight excluding hydrogens is 371 g/mol. The molecule has 0 saturated carbocycles. The number of benzene rings is 2. The van der Waals surface area contributed by atoms with Crippen molar-refractivity contribution in [1.82, 2.24) is 0 Å². The minimum absolute atomic E-state index is 0.118. The van der Waals surface area contributed by atoms with E-state index in [4.69, 9.17) is 29.8 Å². The van der Waals surface area contributed by atoms with E-state index in [0.717, 1.165) is 11.5 Å². The third-order valence-corrected chi connectivity index (χ3v) is 3.08. The normalized spacial score (nSPS) is 9.54. The molecular formula is C20H27FO7. The molecule has 0 heterocycles. The number of hydrogen-bond acceptors (Lipinski definition) is 7. The highest BCUT2D eigenvalue weighted by atomic mass is 19.1. The number of ether oxygens (including phenoxy) is 6. The number of carbonyl (C=O) groups excluding carboxylic acids is 1. The number of carbonyl (C=O) groups is 1. The molecule has 2 aromatic rings. The van der Waals surface area contributed by atoms with E-state index in [1.54, 1.807) is 39.5 Å². The fraction of sp³-hybridized carbons (Fsp3) is 0.350. The molecule has 0 bridgehead atoms. The van der Waals surface area contributed by atoms with Gasteiger partial charge in [0.1, 0.15) is 23.0 Å². The molecule has 0 aliphatic rings. The van der Waals surface area contributed by atoms with E-state index in [9.17, 15) is 9.18 Å². The van der Waals surface area contributed by atoms with Gasteiger partial charge in [-0.2, -0.15) is 0 Å². The standard InChI is InChI=1S/C10H12O4.C9H12O3.CH3F/c1-12-7-14-10-4-3-9(13-2)5-8(10)6-11;1-10-7-12-9-5-3-8(11-2)4-6-9;1-2/h3-6H,7H2,1-2H3;3-6H,7H2,1-2H3;1H3/i;;1D. The largest absolute Gasteiger partial charge is 0.497 e. The van der Waals surface area contributed by atoms with E-state index in [-0.39, 0.29) is 13.6 Å². The summed E-state index contributed by atoms with van der Waals surface area (Å²) in [4.78, 5) is 10.7. The first-order valence-corrected chi connectivity index (χ1v) is 7.96. The lowest BCUT2D eigenvalue weighted by Gasteiger charge is -2.08. The number of alkyl halides is 1. The Bertz CT molecular complexity index is 668. The molecule has 0 unspecified atom stereocenters. The lowest BCUT2D eigenvalue weighted by Crippen LogP contribution is -2.01. The molecule has 2 rings (SSSR count). The molecule has 28 heavy (non-hydrogen) atoms. The highest BCUT2D eigenvalue weighted by Gasteiger charge is 2.04. The monoisotopic (exact) mass is 399 g/mol. The van der Waals surface area contributed by atoms with Crippen molar-refractivity contribution in [3.63, 3.8) is 0 Å². The van der Waals surface area contributed by atoms with Crippen LogP contribution in [0.5, 0.6) is 23.0 Å². The summed E-state index contributed by atoms with van der Waals surface area (Å²) >= 11 is 0. The maximum Gasteiger partial charge on any atom is 0.188 e. The molecule has 0 fully saturated rings. The van der Waals surface area contributed by atoms with Gasteiger partial charge in [0.25, 0.3) is 0 Å². The number of halogens is 1. The van der Waals surface area contributed by atoms with E-state index in [1.807, 2.05) is 24.3 Å². The van der Waals surface area contributed by atoms with Crippen LogP contribution in [0.1, 0.15) is 11.7 Å². The summed E-state index contributed by atoms with van der Waals surface area (Å²) in [6.07, 6.45) is 0.716. The first-order valence-electron chi connectivity index (χ1n) is 8.66. The molecule has 8 heteroatoms. The Morgan fingerprint density at radius 2 is 1.36 bits per heavy atom. The van der Waals surface area contributed by atoms with Gasteiger partial charge in [-0.3, -0.25) is 9.18 Å². The van der Waals surface area contributed by atoms with E-state index < -0.39 is 7.15 Å². The summed E-state index contributed by atoms with van der Waals surface area (Å²) in [5.74, 6) is 2.71. The Morgan fingerprint density at radius 3 is 1.86 bits per heavy atom. The molecule has 0 aliphatic heterocycles. The van der Waals surface area contributed by atoms with Crippen LogP contribution in [0.3, 0.4) is 0 Å². The maximum atomic E-state index is 10.7. The van der Waals surface area contributed by atoms with Gasteiger partial charge < -0.3 is 28.4 Å². The minimum atomic E-state index is -1.00. The second-order valence-electron chi connectivity index (χ2n) is 4.80. The highest BCUT2D eigenvalue weighted by Crippen LogP contribution is 2.22. The van der Waals surface area contributed by atoms with Crippen LogP contribution < -0.4 is 18.9 Å². The van der Waals surface area contributed by atoms with Crippen LogP contribution in [0.4, 0.5) is 4.39 Å². The summed E-state index contributed by atoms with van der Waals surface area (Å²) < 4.78 is 45.3. The zero-order valence-corrected chi connectivity index (χ0v) is 16.5. The average Bonchev–Trinajstić information content (AvgIpc) is 2.77. The molecule has 7 nitrogen and oxygen atoms in total. The fourth-order valence-electron chi connectivity index (χ4n) is 1.80. The van der Waals surface area contributed by atoms with Crippen molar-refractivity contribution in [2.24, 2.45) is 0 Å². The van der Waals surface area contributed by atoms with E-state index in [2.05, 4.69) is 0 Å². The van der Waals surface area contributed by atoms with Gasteiger partial charge in [-0.25, -0.2) is 0 Å². The maximum absolute atomic E-state index is 10.7. The van der Waals surface area contributed by atoms with Crippen molar-refractivity contribution in [3.8, 4) is 23.0 Å². The average molecular weight is 399 g/mol. The summed E-state index contributed by atoms with van der Waals surface area (Å²) in [7, 11) is 5.28. The second-order valence-corrected chi connectivity index (χ2v) is 4.80. The Hall–Kier alpha value is -2.84.